The van der Waals surface area contributed by atoms with Crippen molar-refractivity contribution in [3.63, 3.8) is 0 Å². The van der Waals surface area contributed by atoms with Gasteiger partial charge in [0.1, 0.15) is 16.9 Å². The molecule has 0 spiro atoms. The molecular formula is C31H24F2N4O6. The van der Waals surface area contributed by atoms with E-state index in [2.05, 4.69) is 15.3 Å². The molecule has 10 nitrogen and oxygen atoms in total. The van der Waals surface area contributed by atoms with Gasteiger partial charge < -0.3 is 19.5 Å². The van der Waals surface area contributed by atoms with Crippen LogP contribution >= 0.6 is 0 Å². The van der Waals surface area contributed by atoms with Gasteiger partial charge in [0.25, 0.3) is 17.3 Å². The van der Waals surface area contributed by atoms with Gasteiger partial charge in [0.15, 0.2) is 28.8 Å². The minimum atomic E-state index is -0.873. The molecule has 1 N–H and O–H groups in total. The van der Waals surface area contributed by atoms with Crippen LogP contribution in [0.3, 0.4) is 0 Å². The average Bonchev–Trinajstić information content (AvgIpc) is 2.98. The van der Waals surface area contributed by atoms with Crippen molar-refractivity contribution in [2.45, 2.75) is 13.8 Å². The summed E-state index contributed by atoms with van der Waals surface area (Å²) in [7, 11) is 2.89. The lowest BCUT2D eigenvalue weighted by molar-refractivity contribution is 0.101. The second kappa shape index (κ2) is 11.7. The van der Waals surface area contributed by atoms with Crippen LogP contribution in [0.4, 0.5) is 14.5 Å². The fourth-order valence-corrected chi connectivity index (χ4v) is 4.49. The zero-order chi connectivity index (χ0) is 30.8. The van der Waals surface area contributed by atoms with Gasteiger partial charge in [0.2, 0.25) is 0 Å². The van der Waals surface area contributed by atoms with Gasteiger partial charge in [0.05, 0.1) is 19.7 Å². The van der Waals surface area contributed by atoms with E-state index in [1.807, 2.05) is 0 Å². The van der Waals surface area contributed by atoms with Crippen LogP contribution in [-0.4, -0.2) is 40.4 Å². The number of pyridine rings is 3. The summed E-state index contributed by atoms with van der Waals surface area (Å²) in [6.07, 6.45) is 1.47. The van der Waals surface area contributed by atoms with Gasteiger partial charge in [0, 0.05) is 47.0 Å². The Morgan fingerprint density at radius 3 is 2.28 bits per heavy atom. The van der Waals surface area contributed by atoms with Crippen LogP contribution < -0.4 is 25.1 Å². The first-order valence-electron chi connectivity index (χ1n) is 12.8. The number of nitrogens with one attached hydrogen (secondary N) is 1. The number of nitrogens with zero attached hydrogens (tertiary/aromatic N) is 3. The maximum Gasteiger partial charge on any atom is 0.268 e. The van der Waals surface area contributed by atoms with Crippen LogP contribution in [0.5, 0.6) is 23.1 Å². The predicted molar refractivity (Wildman–Crippen MR) is 154 cm³/mol. The summed E-state index contributed by atoms with van der Waals surface area (Å²) in [4.78, 5) is 47.5. The number of fused-ring (bicyclic) bond motifs is 1. The van der Waals surface area contributed by atoms with Crippen molar-refractivity contribution in [2.75, 3.05) is 19.5 Å². The third-order valence-electron chi connectivity index (χ3n) is 6.59. The fraction of sp³-hybridized carbons (Fsp3) is 0.129. The summed E-state index contributed by atoms with van der Waals surface area (Å²) in [6.45, 7) is 2.84. The Kier molecular flexibility index (Phi) is 7.84. The number of halogens is 2. The first-order valence-corrected chi connectivity index (χ1v) is 12.8. The lowest BCUT2D eigenvalue weighted by Crippen LogP contribution is -2.31. The van der Waals surface area contributed by atoms with Crippen LogP contribution in [0.2, 0.25) is 0 Å². The Bertz CT molecular complexity index is 1960. The number of anilines is 1. The second-order valence-electron chi connectivity index (χ2n) is 9.31. The molecule has 3 aromatic heterocycles. The lowest BCUT2D eigenvalue weighted by atomic mass is 10.1. The summed E-state index contributed by atoms with van der Waals surface area (Å²) in [5, 5.41) is 2.49. The molecule has 0 bridgehead atoms. The van der Waals surface area contributed by atoms with Crippen molar-refractivity contribution >= 4 is 28.4 Å². The number of carbonyl (C=O) groups excluding carboxylic acids is 2. The minimum Gasteiger partial charge on any atom is -0.491 e. The number of carbonyl (C=O) groups is 2. The van der Waals surface area contributed by atoms with Crippen molar-refractivity contribution in [1.82, 2.24) is 14.5 Å². The fourth-order valence-electron chi connectivity index (χ4n) is 4.49. The summed E-state index contributed by atoms with van der Waals surface area (Å²) in [6, 6.07) is 13.0. The monoisotopic (exact) mass is 586 g/mol. The quantitative estimate of drug-likeness (QED) is 0.232. The van der Waals surface area contributed by atoms with Crippen LogP contribution in [0.25, 0.3) is 16.7 Å². The molecule has 0 unspecified atom stereocenters. The van der Waals surface area contributed by atoms with Crippen molar-refractivity contribution in [3.05, 3.63) is 106 Å². The number of aromatic nitrogens is 3. The number of methoxy groups -OCH3 is 2. The lowest BCUT2D eigenvalue weighted by Gasteiger charge is -2.16. The van der Waals surface area contributed by atoms with E-state index in [9.17, 15) is 18.8 Å². The summed E-state index contributed by atoms with van der Waals surface area (Å²) >= 11 is 0. The Hall–Kier alpha value is -5.65. The molecule has 0 aliphatic heterocycles. The van der Waals surface area contributed by atoms with Crippen LogP contribution in [0.1, 0.15) is 33.3 Å². The van der Waals surface area contributed by atoms with Crippen LogP contribution in [-0.2, 0) is 0 Å². The first-order chi connectivity index (χ1) is 20.6. The molecule has 1 amide bonds. The number of Topliss-reactive ketones (excluding diaryl/α,β-unsaturated/α-hetero) is 1. The highest BCUT2D eigenvalue weighted by molar-refractivity contribution is 6.06. The second-order valence-corrected chi connectivity index (χ2v) is 9.31. The molecule has 0 saturated carbocycles. The zero-order valence-corrected chi connectivity index (χ0v) is 23.4. The highest BCUT2D eigenvalue weighted by atomic mass is 19.1. The molecule has 2 aromatic carbocycles. The summed E-state index contributed by atoms with van der Waals surface area (Å²) in [5.41, 5.74) is 0.317. The van der Waals surface area contributed by atoms with Crippen LogP contribution in [0.15, 0.2) is 71.7 Å². The predicted octanol–water partition coefficient (Wildman–Crippen LogP) is 5.63. The van der Waals surface area contributed by atoms with Crippen molar-refractivity contribution in [2.24, 2.45) is 0 Å². The Morgan fingerprint density at radius 2 is 1.63 bits per heavy atom. The summed E-state index contributed by atoms with van der Waals surface area (Å²) < 4.78 is 46.1. The maximum absolute atomic E-state index is 15.2. The van der Waals surface area contributed by atoms with E-state index in [1.54, 1.807) is 13.0 Å². The SMILES string of the molecule is COc1cc2nccc(Oc3ccc(NC(=O)c4cc(C(C)=O)c(C)n(-c5ccc(F)cc5)c4=O)cc3F)c2nc1OC. The number of hydrogen-bond donors (Lipinski definition) is 1. The molecule has 0 fully saturated rings. The Morgan fingerprint density at radius 1 is 0.884 bits per heavy atom. The number of ether oxygens (including phenoxy) is 3. The van der Waals surface area contributed by atoms with E-state index < -0.39 is 23.1 Å². The highest BCUT2D eigenvalue weighted by Crippen LogP contribution is 2.35. The highest BCUT2D eigenvalue weighted by Gasteiger charge is 2.21. The molecule has 218 valence electrons. The number of ketones is 1. The largest absolute Gasteiger partial charge is 0.491 e. The smallest absolute Gasteiger partial charge is 0.268 e. The molecule has 5 rings (SSSR count). The van der Waals surface area contributed by atoms with Crippen molar-refractivity contribution in [1.29, 1.82) is 0 Å². The van der Waals surface area contributed by atoms with Gasteiger partial charge in [-0.1, -0.05) is 0 Å². The molecule has 12 heteroatoms. The van der Waals surface area contributed by atoms with Gasteiger partial charge in [-0.25, -0.2) is 13.8 Å². The number of amides is 1. The number of benzene rings is 2. The maximum atomic E-state index is 15.2. The molecule has 43 heavy (non-hydrogen) atoms. The molecule has 0 saturated heterocycles. The summed E-state index contributed by atoms with van der Waals surface area (Å²) in [5.74, 6) is -2.02. The molecule has 0 aliphatic rings. The van der Waals surface area contributed by atoms with Crippen LogP contribution in [0, 0.1) is 18.6 Å². The number of hydrogen-bond acceptors (Lipinski definition) is 8. The van der Waals surface area contributed by atoms with E-state index in [-0.39, 0.29) is 51.4 Å². The van der Waals surface area contributed by atoms with Gasteiger partial charge in [-0.05, 0) is 56.3 Å². The van der Waals surface area contributed by atoms with E-state index in [0.717, 1.165) is 22.8 Å². The molecule has 0 atom stereocenters. The molecule has 0 radical (unpaired) electrons. The Labute approximate surface area is 243 Å². The van der Waals surface area contributed by atoms with E-state index in [0.29, 0.717) is 16.8 Å². The average molecular weight is 587 g/mol. The van der Waals surface area contributed by atoms with E-state index >= 15 is 4.39 Å². The van der Waals surface area contributed by atoms with Crippen molar-refractivity contribution in [3.8, 4) is 28.8 Å². The molecule has 0 aliphatic carbocycles. The molecule has 5 aromatic rings. The molecular weight excluding hydrogens is 562 g/mol. The third-order valence-corrected chi connectivity index (χ3v) is 6.59. The first kappa shape index (κ1) is 28.9. The van der Waals surface area contributed by atoms with E-state index in [1.165, 1.54) is 63.7 Å². The van der Waals surface area contributed by atoms with Crippen molar-refractivity contribution < 1.29 is 32.6 Å². The van der Waals surface area contributed by atoms with E-state index in [4.69, 9.17) is 14.2 Å². The molecule has 3 heterocycles. The standard InChI is InChI=1S/C31H24F2N4O6/c1-16-21(17(2)38)14-22(31(40)37(16)20-8-5-18(32)6-9-20)29(39)35-19-7-10-25(23(33)13-19)43-26-11-12-34-24-15-27(41-3)30(42-4)36-28(24)26/h5-15H,1-4H3,(H,35,39). The minimum absolute atomic E-state index is 0.0247. The van der Waals surface area contributed by atoms with Gasteiger partial charge in [-0.2, -0.15) is 0 Å². The normalized spacial score (nSPS) is 10.8. The van der Waals surface area contributed by atoms with Gasteiger partial charge >= 0.3 is 0 Å². The van der Waals surface area contributed by atoms with Gasteiger partial charge in [-0.3, -0.25) is 23.9 Å². The number of rotatable bonds is 8. The Balaban J connectivity index is 1.45. The zero-order valence-electron chi connectivity index (χ0n) is 23.4. The topological polar surface area (TPSA) is 122 Å². The van der Waals surface area contributed by atoms with Gasteiger partial charge in [-0.15, -0.1) is 0 Å². The third kappa shape index (κ3) is 5.62.